The number of carbonyl (C=O) groups is 2. The highest BCUT2D eigenvalue weighted by Gasteiger charge is 2.24. The van der Waals surface area contributed by atoms with Gasteiger partial charge in [0.25, 0.3) is 0 Å². The van der Waals surface area contributed by atoms with Crippen LogP contribution >= 0.6 is 0 Å². The number of ether oxygens (including phenoxy) is 1. The summed E-state index contributed by atoms with van der Waals surface area (Å²) in [7, 11) is 0. The smallest absolute Gasteiger partial charge is 0.307 e. The molecule has 0 aromatic heterocycles. The molecule has 1 aliphatic rings. The Balaban J connectivity index is 2.29. The second-order valence-electron chi connectivity index (χ2n) is 4.87. The number of piperidine rings is 1. The Morgan fingerprint density at radius 1 is 1.39 bits per heavy atom. The molecule has 0 saturated carbocycles. The first-order chi connectivity index (χ1) is 8.52. The van der Waals surface area contributed by atoms with Crippen molar-refractivity contribution in [1.82, 2.24) is 10.2 Å². The minimum absolute atomic E-state index is 0.0352. The molecule has 0 aromatic carbocycles. The molecule has 1 aliphatic heterocycles. The van der Waals surface area contributed by atoms with Crippen molar-refractivity contribution in [2.75, 3.05) is 19.7 Å². The molecule has 1 rings (SSSR count). The lowest BCUT2D eigenvalue weighted by atomic mass is 10.0. The monoisotopic (exact) mass is 256 g/mol. The molecule has 1 unspecified atom stereocenters. The first-order valence-electron chi connectivity index (χ1n) is 6.69. The number of nitrogens with zero attached hydrogens (tertiary/aromatic N) is 1. The first kappa shape index (κ1) is 15.0. The summed E-state index contributed by atoms with van der Waals surface area (Å²) in [6.07, 6.45) is 2.35. The Hall–Kier alpha value is -1.10. The lowest BCUT2D eigenvalue weighted by molar-refractivity contribution is -0.144. The molecular weight excluding hydrogens is 232 g/mol. The van der Waals surface area contributed by atoms with Crippen molar-refractivity contribution in [3.05, 3.63) is 0 Å². The van der Waals surface area contributed by atoms with Gasteiger partial charge in [-0.1, -0.05) is 0 Å². The van der Waals surface area contributed by atoms with Gasteiger partial charge in [0.1, 0.15) is 0 Å². The van der Waals surface area contributed by atoms with Crippen molar-refractivity contribution >= 4 is 11.9 Å². The molecule has 0 bridgehead atoms. The summed E-state index contributed by atoms with van der Waals surface area (Å²) in [4.78, 5) is 24.6. The molecule has 0 spiro atoms. The highest BCUT2D eigenvalue weighted by atomic mass is 16.5. The predicted molar refractivity (Wildman–Crippen MR) is 69.1 cm³/mol. The molecule has 5 nitrogen and oxygen atoms in total. The zero-order valence-electron chi connectivity index (χ0n) is 11.6. The maximum Gasteiger partial charge on any atom is 0.307 e. The van der Waals surface area contributed by atoms with Gasteiger partial charge in [0.15, 0.2) is 0 Å². The Bertz CT molecular complexity index is 286. The van der Waals surface area contributed by atoms with Crippen LogP contribution in [0, 0.1) is 0 Å². The van der Waals surface area contributed by atoms with Crippen LogP contribution in [0.25, 0.3) is 0 Å². The number of amides is 1. The summed E-state index contributed by atoms with van der Waals surface area (Å²) in [6.45, 7) is 7.71. The molecule has 1 heterocycles. The topological polar surface area (TPSA) is 58.6 Å². The molecule has 0 aromatic rings. The number of nitrogens with one attached hydrogen (secondary N) is 1. The summed E-state index contributed by atoms with van der Waals surface area (Å²) in [5.74, 6) is -0.0954. The molecule has 18 heavy (non-hydrogen) atoms. The lowest BCUT2D eigenvalue weighted by Crippen LogP contribution is -2.47. The van der Waals surface area contributed by atoms with E-state index in [9.17, 15) is 9.59 Å². The first-order valence-corrected chi connectivity index (χ1v) is 6.69. The predicted octanol–water partition coefficient (Wildman–Crippen LogP) is 0.929. The van der Waals surface area contributed by atoms with Gasteiger partial charge >= 0.3 is 5.97 Å². The van der Waals surface area contributed by atoms with Crippen LogP contribution in [0.3, 0.4) is 0 Å². The highest BCUT2D eigenvalue weighted by molar-refractivity contribution is 5.73. The van der Waals surface area contributed by atoms with Gasteiger partial charge < -0.3 is 10.1 Å². The van der Waals surface area contributed by atoms with Crippen LogP contribution in [0.1, 0.15) is 40.0 Å². The van der Waals surface area contributed by atoms with Crippen molar-refractivity contribution in [2.24, 2.45) is 0 Å². The van der Waals surface area contributed by atoms with Crippen LogP contribution < -0.4 is 5.32 Å². The van der Waals surface area contributed by atoms with E-state index in [0.717, 1.165) is 25.9 Å². The van der Waals surface area contributed by atoms with E-state index in [1.165, 1.54) is 0 Å². The third-order valence-electron chi connectivity index (χ3n) is 3.33. The maximum absolute atomic E-state index is 11.4. The minimum Gasteiger partial charge on any atom is -0.466 e. The Labute approximate surface area is 109 Å². The maximum atomic E-state index is 11.4. The van der Waals surface area contributed by atoms with Crippen LogP contribution in [0.4, 0.5) is 0 Å². The molecule has 1 fully saturated rings. The molecule has 104 valence electrons. The molecule has 1 N–H and O–H groups in total. The van der Waals surface area contributed by atoms with E-state index in [1.54, 1.807) is 6.92 Å². The van der Waals surface area contributed by atoms with Gasteiger partial charge in [-0.2, -0.15) is 0 Å². The van der Waals surface area contributed by atoms with Crippen molar-refractivity contribution in [1.29, 1.82) is 0 Å². The number of rotatable bonds is 5. The third-order valence-corrected chi connectivity index (χ3v) is 3.33. The van der Waals surface area contributed by atoms with Crippen molar-refractivity contribution < 1.29 is 14.3 Å². The van der Waals surface area contributed by atoms with Gasteiger partial charge in [-0.3, -0.25) is 14.5 Å². The van der Waals surface area contributed by atoms with Crippen LogP contribution in [0.2, 0.25) is 0 Å². The fourth-order valence-electron chi connectivity index (χ4n) is 2.36. The summed E-state index contributed by atoms with van der Waals surface area (Å²) in [5.41, 5.74) is 0. The third kappa shape index (κ3) is 5.04. The summed E-state index contributed by atoms with van der Waals surface area (Å²) in [6, 6.07) is 0.496. The molecule has 1 saturated heterocycles. The number of likely N-dealkylation sites (tertiary alicyclic amines) is 1. The fraction of sp³-hybridized carbons (Fsp3) is 0.846. The van der Waals surface area contributed by atoms with Gasteiger partial charge in [0.05, 0.1) is 13.0 Å². The molecular formula is C13H24N2O3. The Morgan fingerprint density at radius 3 is 2.50 bits per heavy atom. The summed E-state index contributed by atoms with van der Waals surface area (Å²) >= 11 is 0. The number of hydrogen-bond donors (Lipinski definition) is 1. The summed E-state index contributed by atoms with van der Waals surface area (Å²) < 4.78 is 4.95. The van der Waals surface area contributed by atoms with E-state index in [-0.39, 0.29) is 24.0 Å². The van der Waals surface area contributed by atoms with Gasteiger partial charge in [-0.25, -0.2) is 0 Å². The molecule has 1 amide bonds. The van der Waals surface area contributed by atoms with Crippen molar-refractivity contribution in [2.45, 2.75) is 52.1 Å². The van der Waals surface area contributed by atoms with Crippen molar-refractivity contribution in [3.63, 3.8) is 0 Å². The largest absolute Gasteiger partial charge is 0.466 e. The average Bonchev–Trinajstić information content (AvgIpc) is 2.29. The van der Waals surface area contributed by atoms with E-state index in [1.807, 2.05) is 6.92 Å². The van der Waals surface area contributed by atoms with Gasteiger partial charge in [0.2, 0.25) is 5.91 Å². The zero-order chi connectivity index (χ0) is 13.5. The fourth-order valence-corrected chi connectivity index (χ4v) is 2.36. The van der Waals surface area contributed by atoms with Crippen LogP contribution in [0.15, 0.2) is 0 Å². The molecule has 5 heteroatoms. The summed E-state index contributed by atoms with van der Waals surface area (Å²) in [5, 5.41) is 2.95. The number of hydrogen-bond acceptors (Lipinski definition) is 4. The van der Waals surface area contributed by atoms with Crippen LogP contribution in [0.5, 0.6) is 0 Å². The quantitative estimate of drug-likeness (QED) is 0.743. The SMILES string of the molecule is CCOC(=O)CC(C)N1CCC(NC(C)=O)CC1. The lowest BCUT2D eigenvalue weighted by Gasteiger charge is -2.35. The van der Waals surface area contributed by atoms with Gasteiger partial charge in [0, 0.05) is 32.1 Å². The number of esters is 1. The van der Waals surface area contributed by atoms with E-state index in [4.69, 9.17) is 4.74 Å². The minimum atomic E-state index is -0.131. The van der Waals surface area contributed by atoms with Gasteiger partial charge in [-0.15, -0.1) is 0 Å². The Kier molecular flexibility index (Phi) is 6.12. The van der Waals surface area contributed by atoms with Gasteiger partial charge in [-0.05, 0) is 26.7 Å². The normalized spacial score (nSPS) is 19.3. The van der Waals surface area contributed by atoms with Crippen LogP contribution in [-0.4, -0.2) is 48.6 Å². The van der Waals surface area contributed by atoms with E-state index >= 15 is 0 Å². The molecule has 0 radical (unpaired) electrons. The molecule has 0 aliphatic carbocycles. The van der Waals surface area contributed by atoms with Crippen LogP contribution in [-0.2, 0) is 14.3 Å². The van der Waals surface area contributed by atoms with Crippen molar-refractivity contribution in [3.8, 4) is 0 Å². The van der Waals surface area contributed by atoms with E-state index < -0.39 is 0 Å². The van der Waals surface area contributed by atoms with E-state index in [0.29, 0.717) is 13.0 Å². The number of carbonyl (C=O) groups excluding carboxylic acids is 2. The standard InChI is InChI=1S/C13H24N2O3/c1-4-18-13(17)9-10(2)15-7-5-12(6-8-15)14-11(3)16/h10,12H,4-9H2,1-3H3,(H,14,16). The second-order valence-corrected chi connectivity index (χ2v) is 4.87. The highest BCUT2D eigenvalue weighted by Crippen LogP contribution is 2.15. The van der Waals surface area contributed by atoms with E-state index in [2.05, 4.69) is 17.1 Å². The average molecular weight is 256 g/mol. The Morgan fingerprint density at radius 2 is 2.00 bits per heavy atom. The zero-order valence-corrected chi connectivity index (χ0v) is 11.6. The second kappa shape index (κ2) is 7.36. The molecule has 1 atom stereocenters.